The zero-order chi connectivity index (χ0) is 22.4. The number of aliphatic hydroxyl groups excluding tert-OH is 5. The number of hydrogen-bond donors (Lipinski definition) is 6. The van der Waals surface area contributed by atoms with E-state index in [-0.39, 0.29) is 33.6 Å². The highest BCUT2D eigenvalue weighted by molar-refractivity contribution is 6.30. The number of carbonyl (C=O) groups excluding carboxylic acids is 2. The van der Waals surface area contributed by atoms with Gasteiger partial charge in [-0.3, -0.25) is 9.59 Å². The number of benzene rings is 2. The Labute approximate surface area is 175 Å². The molecule has 1 aliphatic carbocycles. The van der Waals surface area contributed by atoms with Crippen LogP contribution in [0.4, 0.5) is 0 Å². The van der Waals surface area contributed by atoms with Crippen LogP contribution in [-0.4, -0.2) is 79.5 Å². The molecular weight excluding hydrogens is 412 g/mol. The van der Waals surface area contributed by atoms with Gasteiger partial charge >= 0.3 is 0 Å². The molecule has 0 unspecified atom stereocenters. The molecule has 1 saturated heterocycles. The molecule has 0 spiro atoms. The molecule has 2 aromatic carbocycles. The Morgan fingerprint density at radius 1 is 0.903 bits per heavy atom. The van der Waals surface area contributed by atoms with Crippen molar-refractivity contribution in [3.63, 3.8) is 0 Å². The molecule has 1 aliphatic heterocycles. The van der Waals surface area contributed by atoms with Crippen LogP contribution in [-0.2, 0) is 11.3 Å². The second-order valence-corrected chi connectivity index (χ2v) is 7.35. The van der Waals surface area contributed by atoms with Crippen molar-refractivity contribution in [1.29, 1.82) is 0 Å². The highest BCUT2D eigenvalue weighted by atomic mass is 16.7. The van der Waals surface area contributed by atoms with Crippen molar-refractivity contribution in [2.24, 2.45) is 0 Å². The van der Waals surface area contributed by atoms with Crippen LogP contribution in [0.5, 0.6) is 11.5 Å². The van der Waals surface area contributed by atoms with Gasteiger partial charge in [0.25, 0.3) is 0 Å². The van der Waals surface area contributed by atoms with Crippen LogP contribution in [0.2, 0.25) is 0 Å². The number of ketones is 2. The molecule has 1 fully saturated rings. The van der Waals surface area contributed by atoms with E-state index < -0.39 is 61.2 Å². The Morgan fingerprint density at radius 2 is 1.65 bits per heavy atom. The lowest BCUT2D eigenvalue weighted by atomic mass is 9.82. The zero-order valence-corrected chi connectivity index (χ0v) is 16.0. The molecule has 5 atom stereocenters. The first kappa shape index (κ1) is 21.4. The summed E-state index contributed by atoms with van der Waals surface area (Å²) in [7, 11) is 0. The highest BCUT2D eigenvalue weighted by Crippen LogP contribution is 2.38. The summed E-state index contributed by atoms with van der Waals surface area (Å²) in [6.07, 6.45) is -7.76. The van der Waals surface area contributed by atoms with Crippen LogP contribution in [0.25, 0.3) is 0 Å². The molecule has 6 N–H and O–H groups in total. The summed E-state index contributed by atoms with van der Waals surface area (Å²) in [6, 6.07) is 6.67. The molecule has 4 rings (SSSR count). The number of ether oxygens (including phenoxy) is 2. The summed E-state index contributed by atoms with van der Waals surface area (Å²) >= 11 is 0. The predicted octanol–water partition coefficient (Wildman–Crippen LogP) is -1.16. The lowest BCUT2D eigenvalue weighted by Gasteiger charge is -2.39. The topological polar surface area (TPSA) is 174 Å². The number of fused-ring (bicyclic) bond motifs is 2. The maximum atomic E-state index is 13.2. The summed E-state index contributed by atoms with van der Waals surface area (Å²) in [5.41, 5.74) is -0.251. The van der Waals surface area contributed by atoms with E-state index in [9.17, 15) is 40.2 Å². The van der Waals surface area contributed by atoms with Gasteiger partial charge in [0.15, 0.2) is 5.78 Å². The molecule has 164 valence electrons. The van der Waals surface area contributed by atoms with Gasteiger partial charge in [0.1, 0.15) is 35.9 Å². The fraction of sp³-hybridized carbons (Fsp3) is 0.333. The number of aliphatic hydroxyl groups is 5. The number of phenolic OH excluding ortho intramolecular Hbond substituents is 1. The summed E-state index contributed by atoms with van der Waals surface area (Å²) in [4.78, 5) is 26.2. The van der Waals surface area contributed by atoms with Gasteiger partial charge in [0.2, 0.25) is 12.1 Å². The Bertz CT molecular complexity index is 1050. The van der Waals surface area contributed by atoms with Crippen molar-refractivity contribution in [3.8, 4) is 11.5 Å². The molecule has 0 bridgehead atoms. The van der Waals surface area contributed by atoms with Crippen LogP contribution < -0.4 is 4.74 Å². The summed E-state index contributed by atoms with van der Waals surface area (Å²) in [5, 5.41) is 59.0. The van der Waals surface area contributed by atoms with Crippen LogP contribution >= 0.6 is 0 Å². The highest BCUT2D eigenvalue weighted by Gasteiger charge is 2.45. The van der Waals surface area contributed by atoms with E-state index in [1.165, 1.54) is 30.3 Å². The van der Waals surface area contributed by atoms with E-state index in [0.717, 1.165) is 0 Å². The molecular formula is C21H20O10. The van der Waals surface area contributed by atoms with Gasteiger partial charge in [-0.25, -0.2) is 0 Å². The van der Waals surface area contributed by atoms with Gasteiger partial charge in [-0.2, -0.15) is 0 Å². The SMILES string of the molecule is O=C1c2cc(CO)cc(O)c2C(=O)c2c(O[C@H]3O[C@@H](CO)[C@H](O)[C@@H](O)[C@@H]3O)cccc21. The molecule has 31 heavy (non-hydrogen) atoms. The first-order chi connectivity index (χ1) is 14.8. The zero-order valence-electron chi connectivity index (χ0n) is 16.0. The Hall–Kier alpha value is -2.86. The van der Waals surface area contributed by atoms with Gasteiger partial charge < -0.3 is 40.1 Å². The van der Waals surface area contributed by atoms with Gasteiger partial charge in [0, 0.05) is 11.1 Å². The summed E-state index contributed by atoms with van der Waals surface area (Å²) in [5.74, 6) is -1.93. The van der Waals surface area contributed by atoms with Crippen molar-refractivity contribution in [3.05, 3.63) is 58.1 Å². The molecule has 0 saturated carbocycles. The van der Waals surface area contributed by atoms with Crippen molar-refractivity contribution >= 4 is 11.6 Å². The quantitative estimate of drug-likeness (QED) is 0.295. The Kier molecular flexibility index (Phi) is 5.52. The van der Waals surface area contributed by atoms with E-state index in [1.54, 1.807) is 0 Å². The van der Waals surface area contributed by atoms with E-state index in [0.29, 0.717) is 0 Å². The van der Waals surface area contributed by atoms with E-state index in [1.807, 2.05) is 0 Å². The number of aromatic hydroxyl groups is 1. The van der Waals surface area contributed by atoms with Gasteiger partial charge in [0.05, 0.1) is 24.3 Å². The number of carbonyl (C=O) groups is 2. The van der Waals surface area contributed by atoms with Crippen molar-refractivity contribution < 1.29 is 49.7 Å². The van der Waals surface area contributed by atoms with E-state index in [2.05, 4.69) is 0 Å². The Balaban J connectivity index is 1.75. The number of hydrogen-bond acceptors (Lipinski definition) is 10. The summed E-state index contributed by atoms with van der Waals surface area (Å²) in [6.45, 7) is -1.10. The molecule has 2 aromatic rings. The van der Waals surface area contributed by atoms with Gasteiger partial charge in [-0.1, -0.05) is 12.1 Å². The molecule has 10 nitrogen and oxygen atoms in total. The molecule has 2 aliphatic rings. The van der Waals surface area contributed by atoms with Crippen LogP contribution in [0.3, 0.4) is 0 Å². The maximum absolute atomic E-state index is 13.2. The Morgan fingerprint density at radius 3 is 2.32 bits per heavy atom. The maximum Gasteiger partial charge on any atom is 0.229 e. The second kappa shape index (κ2) is 8.00. The third-order valence-electron chi connectivity index (χ3n) is 5.42. The monoisotopic (exact) mass is 432 g/mol. The van der Waals surface area contributed by atoms with Gasteiger partial charge in [-0.05, 0) is 23.8 Å². The fourth-order valence-electron chi connectivity index (χ4n) is 3.81. The van der Waals surface area contributed by atoms with Crippen LogP contribution in [0.15, 0.2) is 30.3 Å². The number of rotatable bonds is 4. The number of phenols is 1. The summed E-state index contributed by atoms with van der Waals surface area (Å²) < 4.78 is 10.9. The lowest BCUT2D eigenvalue weighted by Crippen LogP contribution is -2.60. The minimum atomic E-state index is -1.71. The third-order valence-corrected chi connectivity index (χ3v) is 5.42. The van der Waals surface area contributed by atoms with Crippen molar-refractivity contribution in [2.75, 3.05) is 6.61 Å². The first-order valence-corrected chi connectivity index (χ1v) is 9.44. The minimum Gasteiger partial charge on any atom is -0.507 e. The van der Waals surface area contributed by atoms with Crippen molar-refractivity contribution in [1.82, 2.24) is 0 Å². The molecule has 0 radical (unpaired) electrons. The molecule has 0 aromatic heterocycles. The molecule has 10 heteroatoms. The van der Waals surface area contributed by atoms with Gasteiger partial charge in [-0.15, -0.1) is 0 Å². The fourth-order valence-corrected chi connectivity index (χ4v) is 3.81. The minimum absolute atomic E-state index is 0.0194. The molecule has 1 heterocycles. The van der Waals surface area contributed by atoms with Crippen LogP contribution in [0, 0.1) is 0 Å². The lowest BCUT2D eigenvalue weighted by molar-refractivity contribution is -0.277. The molecule has 0 amide bonds. The van der Waals surface area contributed by atoms with E-state index in [4.69, 9.17) is 9.47 Å². The van der Waals surface area contributed by atoms with E-state index >= 15 is 0 Å². The smallest absolute Gasteiger partial charge is 0.229 e. The predicted molar refractivity (Wildman–Crippen MR) is 102 cm³/mol. The van der Waals surface area contributed by atoms with Crippen LogP contribution in [0.1, 0.15) is 37.4 Å². The standard InChI is InChI=1S/C21H20O10/c22-6-8-4-10-14(11(24)5-8)18(27)15-9(16(10)25)2-1-3-12(15)30-21-20(29)19(28)17(26)13(7-23)31-21/h1-5,13,17,19-24,26,28-29H,6-7H2/t13-,17-,19+,20-,21-/m0/s1. The average molecular weight is 432 g/mol. The second-order valence-electron chi connectivity index (χ2n) is 7.35. The largest absolute Gasteiger partial charge is 0.507 e. The average Bonchev–Trinajstić information content (AvgIpc) is 2.77. The third kappa shape index (κ3) is 3.39. The first-order valence-electron chi connectivity index (χ1n) is 9.44. The van der Waals surface area contributed by atoms with Crippen molar-refractivity contribution in [2.45, 2.75) is 37.3 Å². The normalized spacial score (nSPS) is 27.6.